The van der Waals surface area contributed by atoms with Gasteiger partial charge in [-0.3, -0.25) is 0 Å². The third-order valence-corrected chi connectivity index (χ3v) is 7.80. The highest BCUT2D eigenvalue weighted by Gasteiger charge is 2.51. The SMILES string of the molecule is CC1(C)CCC(C)(C)c2cc(-c3cc(C#N)cc(B4OC(C)(C)C(C)(C)O4)c3)ccc21. The van der Waals surface area contributed by atoms with E-state index in [0.717, 1.165) is 16.6 Å². The van der Waals surface area contributed by atoms with E-state index < -0.39 is 18.3 Å². The van der Waals surface area contributed by atoms with Crippen LogP contribution in [0.25, 0.3) is 11.1 Å². The molecule has 162 valence electrons. The summed E-state index contributed by atoms with van der Waals surface area (Å²) < 4.78 is 12.5. The van der Waals surface area contributed by atoms with Gasteiger partial charge in [0.25, 0.3) is 0 Å². The molecule has 1 heterocycles. The van der Waals surface area contributed by atoms with E-state index in [9.17, 15) is 5.26 Å². The molecule has 0 spiro atoms. The Morgan fingerprint density at radius 2 is 1.32 bits per heavy atom. The van der Waals surface area contributed by atoms with Crippen molar-refractivity contribution < 1.29 is 9.31 Å². The number of fused-ring (bicyclic) bond motifs is 1. The number of hydrogen-bond acceptors (Lipinski definition) is 3. The molecule has 1 aliphatic heterocycles. The van der Waals surface area contributed by atoms with E-state index in [1.54, 1.807) is 0 Å². The zero-order valence-electron chi connectivity index (χ0n) is 20.2. The van der Waals surface area contributed by atoms with Gasteiger partial charge in [-0.1, -0.05) is 52.0 Å². The van der Waals surface area contributed by atoms with Gasteiger partial charge in [0.05, 0.1) is 22.8 Å². The normalized spacial score (nSPS) is 22.6. The molecule has 3 nitrogen and oxygen atoms in total. The number of nitriles is 1. The molecule has 2 aromatic carbocycles. The van der Waals surface area contributed by atoms with Crippen molar-refractivity contribution in [2.45, 2.75) is 90.3 Å². The fraction of sp³-hybridized carbons (Fsp3) is 0.519. The van der Waals surface area contributed by atoms with Crippen molar-refractivity contribution in [1.82, 2.24) is 0 Å². The van der Waals surface area contributed by atoms with Crippen molar-refractivity contribution in [2.24, 2.45) is 0 Å². The molecular formula is C27H34BNO2. The molecule has 0 atom stereocenters. The quantitative estimate of drug-likeness (QED) is 0.576. The highest BCUT2D eigenvalue weighted by atomic mass is 16.7. The largest absolute Gasteiger partial charge is 0.494 e. The lowest BCUT2D eigenvalue weighted by molar-refractivity contribution is 0.00578. The van der Waals surface area contributed by atoms with Gasteiger partial charge >= 0.3 is 7.12 Å². The Balaban J connectivity index is 1.80. The van der Waals surface area contributed by atoms with Gasteiger partial charge in [-0.05, 0) is 91.2 Å². The predicted octanol–water partition coefficient (Wildman–Crippen LogP) is 5.87. The van der Waals surface area contributed by atoms with E-state index in [1.165, 1.54) is 24.0 Å². The van der Waals surface area contributed by atoms with E-state index in [0.29, 0.717) is 5.56 Å². The summed E-state index contributed by atoms with van der Waals surface area (Å²) in [5.74, 6) is 0. The molecule has 31 heavy (non-hydrogen) atoms. The first kappa shape index (κ1) is 22.1. The summed E-state index contributed by atoms with van der Waals surface area (Å²) in [4.78, 5) is 0. The summed E-state index contributed by atoms with van der Waals surface area (Å²) in [5.41, 5.74) is 6.04. The highest BCUT2D eigenvalue weighted by Crippen LogP contribution is 2.46. The van der Waals surface area contributed by atoms with Crippen LogP contribution in [0, 0.1) is 11.3 Å². The molecule has 2 aromatic rings. The summed E-state index contributed by atoms with van der Waals surface area (Å²) in [5, 5.41) is 9.69. The standard InChI is InChI=1S/C27H34BNO2/c1-24(2)11-12-25(3,4)23-16-19(9-10-22(23)24)20-13-18(17-29)14-21(15-20)28-30-26(5,6)27(7,8)31-28/h9-10,13-16H,11-12H2,1-8H3. The van der Waals surface area contributed by atoms with Gasteiger partial charge in [-0.25, -0.2) is 0 Å². The molecule has 0 unspecified atom stereocenters. The second-order valence-electron chi connectivity index (χ2n) is 11.6. The fourth-order valence-corrected chi connectivity index (χ4v) is 4.77. The second kappa shape index (κ2) is 6.96. The Labute approximate surface area is 187 Å². The van der Waals surface area contributed by atoms with E-state index in [2.05, 4.69) is 85.7 Å². The molecular weight excluding hydrogens is 381 g/mol. The minimum Gasteiger partial charge on any atom is -0.399 e. The predicted molar refractivity (Wildman–Crippen MR) is 128 cm³/mol. The van der Waals surface area contributed by atoms with Crippen molar-refractivity contribution in [3.05, 3.63) is 53.1 Å². The molecule has 4 heteroatoms. The van der Waals surface area contributed by atoms with Crippen molar-refractivity contribution in [1.29, 1.82) is 5.26 Å². The molecule has 0 saturated carbocycles. The Bertz CT molecular complexity index is 1060. The van der Waals surface area contributed by atoms with Gasteiger partial charge in [0.15, 0.2) is 0 Å². The number of rotatable bonds is 2. The Morgan fingerprint density at radius 1 is 0.742 bits per heavy atom. The number of hydrogen-bond donors (Lipinski definition) is 0. The maximum atomic E-state index is 9.69. The van der Waals surface area contributed by atoms with Gasteiger partial charge < -0.3 is 9.31 Å². The van der Waals surface area contributed by atoms with Crippen LogP contribution in [0.15, 0.2) is 36.4 Å². The van der Waals surface area contributed by atoms with Gasteiger partial charge in [-0.2, -0.15) is 5.26 Å². The average molecular weight is 415 g/mol. The fourth-order valence-electron chi connectivity index (χ4n) is 4.77. The second-order valence-corrected chi connectivity index (χ2v) is 11.6. The first-order chi connectivity index (χ1) is 14.3. The Hall–Kier alpha value is -2.09. The van der Waals surface area contributed by atoms with Crippen LogP contribution >= 0.6 is 0 Å². The monoisotopic (exact) mass is 415 g/mol. The van der Waals surface area contributed by atoms with Gasteiger partial charge in [0.1, 0.15) is 0 Å². The molecule has 1 fully saturated rings. The topological polar surface area (TPSA) is 42.2 Å². The third-order valence-electron chi connectivity index (χ3n) is 7.80. The summed E-state index contributed by atoms with van der Waals surface area (Å²) in [6.07, 6.45) is 2.37. The van der Waals surface area contributed by atoms with E-state index in [4.69, 9.17) is 9.31 Å². The minimum absolute atomic E-state index is 0.141. The molecule has 2 aliphatic rings. The van der Waals surface area contributed by atoms with Gasteiger partial charge in [-0.15, -0.1) is 0 Å². The Morgan fingerprint density at radius 3 is 1.90 bits per heavy atom. The summed E-state index contributed by atoms with van der Waals surface area (Å²) >= 11 is 0. The summed E-state index contributed by atoms with van der Waals surface area (Å²) in [7, 11) is -0.481. The minimum atomic E-state index is -0.481. The Kier molecular flexibility index (Phi) is 4.96. The van der Waals surface area contributed by atoms with Crippen LogP contribution < -0.4 is 5.46 Å². The molecule has 0 aromatic heterocycles. The molecule has 4 rings (SSSR count). The van der Waals surface area contributed by atoms with Crippen molar-refractivity contribution in [2.75, 3.05) is 0 Å². The van der Waals surface area contributed by atoms with Crippen molar-refractivity contribution in [3.8, 4) is 17.2 Å². The van der Waals surface area contributed by atoms with Crippen LogP contribution in [0.5, 0.6) is 0 Å². The zero-order valence-corrected chi connectivity index (χ0v) is 20.2. The molecule has 0 amide bonds. The van der Waals surface area contributed by atoms with E-state index in [-0.39, 0.29) is 10.8 Å². The summed E-state index contributed by atoms with van der Waals surface area (Å²) in [6, 6.07) is 15.1. The highest BCUT2D eigenvalue weighted by molar-refractivity contribution is 6.62. The van der Waals surface area contributed by atoms with Crippen LogP contribution in [-0.4, -0.2) is 18.3 Å². The number of nitrogens with zero attached hydrogens (tertiary/aromatic N) is 1. The summed E-state index contributed by atoms with van der Waals surface area (Å²) in [6.45, 7) is 17.6. The van der Waals surface area contributed by atoms with E-state index in [1.807, 2.05) is 12.1 Å². The first-order valence-corrected chi connectivity index (χ1v) is 11.3. The van der Waals surface area contributed by atoms with Crippen LogP contribution in [0.3, 0.4) is 0 Å². The molecule has 1 aliphatic carbocycles. The third kappa shape index (κ3) is 3.73. The first-order valence-electron chi connectivity index (χ1n) is 11.3. The lowest BCUT2D eigenvalue weighted by Crippen LogP contribution is -2.41. The van der Waals surface area contributed by atoms with Crippen LogP contribution in [0.1, 0.15) is 84.9 Å². The molecule has 0 bridgehead atoms. The lowest BCUT2D eigenvalue weighted by Gasteiger charge is -2.42. The molecule has 0 radical (unpaired) electrons. The van der Waals surface area contributed by atoms with Gasteiger partial charge in [0, 0.05) is 0 Å². The smallest absolute Gasteiger partial charge is 0.399 e. The molecule has 0 N–H and O–H groups in total. The average Bonchev–Trinajstić information content (AvgIpc) is 2.92. The number of benzene rings is 2. The van der Waals surface area contributed by atoms with Crippen molar-refractivity contribution >= 4 is 12.6 Å². The van der Waals surface area contributed by atoms with Crippen LogP contribution in [0.4, 0.5) is 0 Å². The lowest BCUT2D eigenvalue weighted by atomic mass is 9.63. The maximum absolute atomic E-state index is 9.69. The maximum Gasteiger partial charge on any atom is 0.494 e. The van der Waals surface area contributed by atoms with Gasteiger partial charge in [0.2, 0.25) is 0 Å². The molecule has 1 saturated heterocycles. The van der Waals surface area contributed by atoms with Crippen molar-refractivity contribution in [3.63, 3.8) is 0 Å². The van der Waals surface area contributed by atoms with E-state index >= 15 is 0 Å². The van der Waals surface area contributed by atoms with Crippen LogP contribution in [0.2, 0.25) is 0 Å². The zero-order chi connectivity index (χ0) is 22.8. The van der Waals surface area contributed by atoms with Crippen LogP contribution in [-0.2, 0) is 20.1 Å².